The minimum atomic E-state index is -0.0698. The molecule has 22 heavy (non-hydrogen) atoms. The van der Waals surface area contributed by atoms with E-state index < -0.39 is 0 Å². The van der Waals surface area contributed by atoms with Crippen LogP contribution in [0.25, 0.3) is 10.3 Å². The zero-order chi connectivity index (χ0) is 15.7. The average Bonchev–Trinajstić information content (AvgIpc) is 2.82. The number of aromatic nitrogens is 3. The highest BCUT2D eigenvalue weighted by atomic mass is 79.9. The molecule has 1 aromatic carbocycles. The molecule has 0 atom stereocenters. The zero-order valence-electron chi connectivity index (χ0n) is 11.5. The molecule has 4 nitrogen and oxygen atoms in total. The van der Waals surface area contributed by atoms with Crippen molar-refractivity contribution in [2.45, 2.75) is 13.1 Å². The summed E-state index contributed by atoms with van der Waals surface area (Å²) in [4.78, 5) is 17.1. The van der Waals surface area contributed by atoms with Crippen LogP contribution in [-0.2, 0) is 13.1 Å². The number of halogens is 1. The minimum absolute atomic E-state index is 0.0698. The molecule has 7 heteroatoms. The number of rotatable bonds is 4. The van der Waals surface area contributed by atoms with Gasteiger partial charge in [-0.15, -0.1) is 6.58 Å². The van der Waals surface area contributed by atoms with Crippen LogP contribution in [0.2, 0.25) is 0 Å². The third kappa shape index (κ3) is 2.71. The van der Waals surface area contributed by atoms with Gasteiger partial charge in [-0.25, -0.2) is 4.98 Å². The number of fused-ring (bicyclic) bond motifs is 1. The lowest BCUT2D eigenvalue weighted by atomic mass is 10.2. The second kappa shape index (κ2) is 6.28. The summed E-state index contributed by atoms with van der Waals surface area (Å²) in [5.41, 5.74) is 1.59. The number of hydrogen-bond acceptors (Lipinski definition) is 4. The van der Waals surface area contributed by atoms with Crippen molar-refractivity contribution in [2.24, 2.45) is 0 Å². The molecule has 0 saturated carbocycles. The summed E-state index contributed by atoms with van der Waals surface area (Å²) in [7, 11) is 0. The fraction of sp³-hybridized carbons (Fsp3) is 0.133. The van der Waals surface area contributed by atoms with Gasteiger partial charge >= 0.3 is 0 Å². The molecule has 0 bridgehead atoms. The molecule has 2 heterocycles. The predicted molar refractivity (Wildman–Crippen MR) is 96.1 cm³/mol. The molecule has 0 aliphatic rings. The third-order valence-corrected chi connectivity index (χ3v) is 5.45. The lowest BCUT2D eigenvalue weighted by Gasteiger charge is -2.07. The van der Waals surface area contributed by atoms with Crippen molar-refractivity contribution in [3.05, 3.63) is 67.6 Å². The molecule has 0 spiro atoms. The highest BCUT2D eigenvalue weighted by Gasteiger charge is 2.12. The Kier molecular flexibility index (Phi) is 4.37. The lowest BCUT2D eigenvalue weighted by molar-refractivity contribution is 0.739. The minimum Gasteiger partial charge on any atom is -0.304 e. The molecule has 0 amide bonds. The first-order valence-corrected chi connectivity index (χ1v) is 8.56. The van der Waals surface area contributed by atoms with E-state index >= 15 is 0 Å². The molecule has 0 saturated heterocycles. The van der Waals surface area contributed by atoms with Gasteiger partial charge in [0.25, 0.3) is 5.56 Å². The molecule has 0 aliphatic carbocycles. The largest absolute Gasteiger partial charge is 0.304 e. The van der Waals surface area contributed by atoms with Crippen LogP contribution in [-0.4, -0.2) is 14.1 Å². The number of benzene rings is 1. The number of thiazole rings is 1. The summed E-state index contributed by atoms with van der Waals surface area (Å²) >= 11 is 10.1. The summed E-state index contributed by atoms with van der Waals surface area (Å²) in [6.45, 7) is 4.73. The molecule has 0 radical (unpaired) electrons. The van der Waals surface area contributed by atoms with Crippen LogP contribution >= 0.6 is 39.5 Å². The molecule has 3 aromatic rings. The fourth-order valence-electron chi connectivity index (χ4n) is 2.18. The maximum absolute atomic E-state index is 12.6. The van der Waals surface area contributed by atoms with Crippen LogP contribution in [0.3, 0.4) is 0 Å². The van der Waals surface area contributed by atoms with Crippen molar-refractivity contribution in [3.8, 4) is 0 Å². The quantitative estimate of drug-likeness (QED) is 0.496. The molecular weight excluding hydrogens is 382 g/mol. The summed E-state index contributed by atoms with van der Waals surface area (Å²) in [5.74, 6) is 0. The van der Waals surface area contributed by atoms with Crippen LogP contribution in [0.15, 0.2) is 52.5 Å². The van der Waals surface area contributed by atoms with E-state index in [1.54, 1.807) is 17.0 Å². The molecule has 112 valence electrons. The van der Waals surface area contributed by atoms with Crippen molar-refractivity contribution < 1.29 is 0 Å². The molecule has 0 N–H and O–H groups in total. The average molecular weight is 394 g/mol. The molecule has 0 fully saturated rings. The molecule has 0 unspecified atom stereocenters. The van der Waals surface area contributed by atoms with Crippen LogP contribution < -0.4 is 5.56 Å². The standard InChI is InChI=1S/C15H12BrN3OS2/c1-2-7-19-13-12(22-15(19)21)14(20)18(9-17-13)8-10-5-3-4-6-11(10)16/h2-6,9H,1,7-8H2. The second-order valence-electron chi connectivity index (χ2n) is 4.69. The van der Waals surface area contributed by atoms with Gasteiger partial charge in [-0.3, -0.25) is 9.36 Å². The lowest BCUT2D eigenvalue weighted by Crippen LogP contribution is -2.21. The first kappa shape index (κ1) is 15.3. The Balaban J connectivity index is 2.12. The van der Waals surface area contributed by atoms with Crippen LogP contribution in [0.1, 0.15) is 5.56 Å². The second-order valence-corrected chi connectivity index (χ2v) is 7.19. The smallest absolute Gasteiger partial charge is 0.273 e. The number of allylic oxidation sites excluding steroid dienone is 1. The normalized spacial score (nSPS) is 11.0. The van der Waals surface area contributed by atoms with Crippen molar-refractivity contribution in [1.29, 1.82) is 0 Å². The van der Waals surface area contributed by atoms with E-state index in [2.05, 4.69) is 27.5 Å². The van der Waals surface area contributed by atoms with Gasteiger partial charge in [-0.2, -0.15) is 0 Å². The topological polar surface area (TPSA) is 39.8 Å². The van der Waals surface area contributed by atoms with Gasteiger partial charge in [0.2, 0.25) is 0 Å². The maximum Gasteiger partial charge on any atom is 0.273 e. The molecule has 2 aromatic heterocycles. The third-order valence-electron chi connectivity index (χ3n) is 3.25. The Bertz CT molecular complexity index is 971. The van der Waals surface area contributed by atoms with Gasteiger partial charge in [0.1, 0.15) is 11.0 Å². The Morgan fingerprint density at radius 3 is 2.91 bits per heavy atom. The van der Waals surface area contributed by atoms with E-state index in [0.717, 1.165) is 10.0 Å². The molecule has 3 rings (SSSR count). The Morgan fingerprint density at radius 2 is 2.18 bits per heavy atom. The Hall–Kier alpha value is -1.57. The highest BCUT2D eigenvalue weighted by Crippen LogP contribution is 2.19. The van der Waals surface area contributed by atoms with Crippen molar-refractivity contribution in [2.75, 3.05) is 0 Å². The van der Waals surface area contributed by atoms with Gasteiger partial charge in [-0.1, -0.05) is 51.5 Å². The predicted octanol–water partition coefficient (Wildman–Crippen LogP) is 3.99. The van der Waals surface area contributed by atoms with Gasteiger partial charge in [-0.05, 0) is 23.8 Å². The fourth-order valence-corrected chi connectivity index (χ4v) is 3.91. The van der Waals surface area contributed by atoms with E-state index in [1.807, 2.05) is 28.8 Å². The van der Waals surface area contributed by atoms with E-state index in [1.165, 1.54) is 11.3 Å². The highest BCUT2D eigenvalue weighted by molar-refractivity contribution is 9.10. The number of nitrogens with zero attached hydrogens (tertiary/aromatic N) is 3. The SMILES string of the molecule is C=CCn1c(=S)sc2c(=O)n(Cc3ccccc3Br)cnc21. The van der Waals surface area contributed by atoms with E-state index in [4.69, 9.17) is 12.2 Å². The monoisotopic (exact) mass is 393 g/mol. The summed E-state index contributed by atoms with van der Waals surface area (Å²) in [5, 5.41) is 0. The van der Waals surface area contributed by atoms with Crippen molar-refractivity contribution >= 4 is 49.8 Å². The van der Waals surface area contributed by atoms with Crippen LogP contribution in [0.4, 0.5) is 0 Å². The maximum atomic E-state index is 12.6. The molecule has 0 aliphatic heterocycles. The van der Waals surface area contributed by atoms with Crippen molar-refractivity contribution in [1.82, 2.24) is 14.1 Å². The summed E-state index contributed by atoms with van der Waals surface area (Å²) in [6, 6.07) is 7.82. The van der Waals surface area contributed by atoms with Gasteiger partial charge in [0, 0.05) is 11.0 Å². The summed E-state index contributed by atoms with van der Waals surface area (Å²) in [6.07, 6.45) is 3.32. The number of hydrogen-bond donors (Lipinski definition) is 0. The van der Waals surface area contributed by atoms with Gasteiger partial charge < -0.3 is 4.57 Å². The zero-order valence-corrected chi connectivity index (χ0v) is 14.7. The first-order chi connectivity index (χ1) is 10.6. The first-order valence-electron chi connectivity index (χ1n) is 6.55. The Morgan fingerprint density at radius 1 is 1.41 bits per heavy atom. The Labute approximate surface area is 144 Å². The van der Waals surface area contributed by atoms with Gasteiger partial charge in [0.05, 0.1) is 6.54 Å². The van der Waals surface area contributed by atoms with E-state index in [9.17, 15) is 4.79 Å². The molecular formula is C15H12BrN3OS2. The van der Waals surface area contributed by atoms with Crippen molar-refractivity contribution in [3.63, 3.8) is 0 Å². The van der Waals surface area contributed by atoms with Gasteiger partial charge in [0.15, 0.2) is 9.60 Å². The summed E-state index contributed by atoms with van der Waals surface area (Å²) < 4.78 is 5.62. The van der Waals surface area contributed by atoms with E-state index in [0.29, 0.717) is 27.4 Å². The van der Waals surface area contributed by atoms with Crippen LogP contribution in [0, 0.1) is 3.95 Å². The van der Waals surface area contributed by atoms with E-state index in [-0.39, 0.29) is 5.56 Å². The van der Waals surface area contributed by atoms with Crippen LogP contribution in [0.5, 0.6) is 0 Å².